The normalized spacial score (nSPS) is 10.0. The third kappa shape index (κ3) is 7.84. The highest BCUT2D eigenvalue weighted by Crippen LogP contribution is 1.67. The van der Waals surface area contributed by atoms with Crippen molar-refractivity contribution in [2.24, 2.45) is 5.73 Å². The van der Waals surface area contributed by atoms with E-state index in [1.165, 1.54) is 0 Å². The highest BCUT2D eigenvalue weighted by molar-refractivity contribution is 4.32. The van der Waals surface area contributed by atoms with Crippen LogP contribution in [0.2, 0.25) is 0 Å². The molecule has 3 N–H and O–H groups in total. The maximum absolute atomic E-state index is 5.17. The fourth-order valence-corrected chi connectivity index (χ4v) is 0.328. The first-order chi connectivity index (χ1) is 4.41. The van der Waals surface area contributed by atoms with Gasteiger partial charge < -0.3 is 10.5 Å². The molecule has 0 aromatic rings. The van der Waals surface area contributed by atoms with E-state index in [0.29, 0.717) is 26.3 Å². The number of rotatable bonds is 6. The largest absolute Gasteiger partial charge is 0.382 e. The van der Waals surface area contributed by atoms with E-state index in [1.807, 2.05) is 0 Å². The van der Waals surface area contributed by atoms with Gasteiger partial charge in [0.05, 0.1) is 13.2 Å². The van der Waals surface area contributed by atoms with Gasteiger partial charge in [-0.15, -0.1) is 0 Å². The Kier molecular flexibility index (Phi) is 7.70. The zero-order valence-electron chi connectivity index (χ0n) is 5.72. The fraction of sp³-hybridized carbons (Fsp3) is 1.00. The maximum atomic E-state index is 5.17. The second-order valence-corrected chi connectivity index (χ2v) is 1.52. The van der Waals surface area contributed by atoms with Crippen LogP contribution in [0.25, 0.3) is 0 Å². The quantitative estimate of drug-likeness (QED) is 0.365. The van der Waals surface area contributed by atoms with Crippen molar-refractivity contribution in [1.82, 2.24) is 5.48 Å². The van der Waals surface area contributed by atoms with Gasteiger partial charge in [0.2, 0.25) is 0 Å². The van der Waals surface area contributed by atoms with Gasteiger partial charge in [0, 0.05) is 20.2 Å². The van der Waals surface area contributed by atoms with Crippen molar-refractivity contribution < 1.29 is 9.57 Å². The summed E-state index contributed by atoms with van der Waals surface area (Å²) in [5.41, 5.74) is 7.83. The summed E-state index contributed by atoms with van der Waals surface area (Å²) in [5.74, 6) is 0. The number of hydroxylamine groups is 1. The number of nitrogens with one attached hydrogen (secondary N) is 1. The molecule has 0 radical (unpaired) electrons. The highest BCUT2D eigenvalue weighted by atomic mass is 16.7. The zero-order valence-corrected chi connectivity index (χ0v) is 5.72. The minimum absolute atomic E-state index is 0.566. The van der Waals surface area contributed by atoms with E-state index >= 15 is 0 Å². The molecule has 0 bridgehead atoms. The maximum Gasteiger partial charge on any atom is 0.0915 e. The molecule has 0 rings (SSSR count). The van der Waals surface area contributed by atoms with Crippen molar-refractivity contribution in [3.8, 4) is 0 Å². The monoisotopic (exact) mass is 134 g/mol. The van der Waals surface area contributed by atoms with Crippen LogP contribution in [0.5, 0.6) is 0 Å². The Labute approximate surface area is 55.3 Å². The highest BCUT2D eigenvalue weighted by Gasteiger charge is 1.82. The van der Waals surface area contributed by atoms with Crippen LogP contribution in [0, 0.1) is 0 Å². The lowest BCUT2D eigenvalue weighted by atomic mass is 10.7. The minimum atomic E-state index is 0.566. The summed E-state index contributed by atoms with van der Waals surface area (Å²) in [6.07, 6.45) is 0. The summed E-state index contributed by atoms with van der Waals surface area (Å²) in [6, 6.07) is 0. The molecule has 4 nitrogen and oxygen atoms in total. The second-order valence-electron chi connectivity index (χ2n) is 1.52. The lowest BCUT2D eigenvalue weighted by molar-refractivity contribution is 0.00849. The molecule has 0 saturated heterocycles. The lowest BCUT2D eigenvalue weighted by Gasteiger charge is -2.01. The topological polar surface area (TPSA) is 56.5 Å². The third-order valence-corrected chi connectivity index (χ3v) is 0.738. The molecular weight excluding hydrogens is 120 g/mol. The molecule has 0 aromatic carbocycles. The van der Waals surface area contributed by atoms with Crippen molar-refractivity contribution in [3.63, 3.8) is 0 Å². The van der Waals surface area contributed by atoms with E-state index in [4.69, 9.17) is 15.3 Å². The van der Waals surface area contributed by atoms with Gasteiger partial charge >= 0.3 is 0 Å². The molecule has 0 atom stereocenters. The standard InChI is InChI=1S/C5H14N2O2/c1-8-4-5-9-7-3-2-6/h7H,2-6H2,1H3. The summed E-state index contributed by atoms with van der Waals surface area (Å²) < 4.78 is 4.73. The summed E-state index contributed by atoms with van der Waals surface area (Å²) >= 11 is 0. The Balaban J connectivity index is 2.60. The smallest absolute Gasteiger partial charge is 0.0915 e. The van der Waals surface area contributed by atoms with Gasteiger partial charge in [-0.25, -0.2) is 5.48 Å². The number of hydrogen-bond acceptors (Lipinski definition) is 4. The molecule has 56 valence electrons. The van der Waals surface area contributed by atoms with E-state index in [0.717, 1.165) is 0 Å². The number of methoxy groups -OCH3 is 1. The number of hydrogen-bond donors (Lipinski definition) is 2. The summed E-state index contributed by atoms with van der Waals surface area (Å²) in [6.45, 7) is 2.45. The molecule has 4 heteroatoms. The molecule has 0 heterocycles. The zero-order chi connectivity index (χ0) is 6.95. The molecule has 0 aromatic heterocycles. The molecule has 0 aliphatic carbocycles. The van der Waals surface area contributed by atoms with Crippen LogP contribution in [-0.2, 0) is 9.57 Å². The first-order valence-electron chi connectivity index (χ1n) is 2.95. The average Bonchev–Trinajstić information content (AvgIpc) is 1.89. The van der Waals surface area contributed by atoms with Gasteiger partial charge in [0.15, 0.2) is 0 Å². The van der Waals surface area contributed by atoms with Crippen LogP contribution in [0.1, 0.15) is 0 Å². The Morgan fingerprint density at radius 3 is 2.78 bits per heavy atom. The van der Waals surface area contributed by atoms with Crippen LogP contribution >= 0.6 is 0 Å². The molecule has 0 aliphatic heterocycles. The van der Waals surface area contributed by atoms with Gasteiger partial charge in [0.25, 0.3) is 0 Å². The molecule has 0 spiro atoms. The Morgan fingerprint density at radius 1 is 1.44 bits per heavy atom. The second kappa shape index (κ2) is 7.84. The predicted octanol–water partition coefficient (Wildman–Crippen LogP) is -0.887. The molecular formula is C5H14N2O2. The van der Waals surface area contributed by atoms with Crippen molar-refractivity contribution >= 4 is 0 Å². The van der Waals surface area contributed by atoms with E-state index in [-0.39, 0.29) is 0 Å². The van der Waals surface area contributed by atoms with Crippen LogP contribution in [0.15, 0.2) is 0 Å². The Hall–Kier alpha value is -0.160. The first kappa shape index (κ1) is 8.84. The van der Waals surface area contributed by atoms with Crippen LogP contribution in [-0.4, -0.2) is 33.4 Å². The molecule has 9 heavy (non-hydrogen) atoms. The molecule has 0 amide bonds. The summed E-state index contributed by atoms with van der Waals surface area (Å²) in [7, 11) is 1.63. The Morgan fingerprint density at radius 2 is 2.22 bits per heavy atom. The number of nitrogens with two attached hydrogens (primary N) is 1. The van der Waals surface area contributed by atoms with Crippen molar-refractivity contribution in [1.29, 1.82) is 0 Å². The lowest BCUT2D eigenvalue weighted by Crippen LogP contribution is -2.24. The van der Waals surface area contributed by atoms with Gasteiger partial charge in [-0.3, -0.25) is 4.84 Å². The van der Waals surface area contributed by atoms with E-state index < -0.39 is 0 Å². The van der Waals surface area contributed by atoms with Gasteiger partial charge in [-0.2, -0.15) is 0 Å². The fourth-order valence-electron chi connectivity index (χ4n) is 0.328. The molecule has 0 saturated carbocycles. The molecule has 0 fully saturated rings. The Bertz CT molecular complexity index is 46.2. The first-order valence-corrected chi connectivity index (χ1v) is 2.95. The van der Waals surface area contributed by atoms with Crippen molar-refractivity contribution in [3.05, 3.63) is 0 Å². The average molecular weight is 134 g/mol. The summed E-state index contributed by atoms with van der Waals surface area (Å²) in [5, 5.41) is 0. The van der Waals surface area contributed by atoms with Crippen LogP contribution < -0.4 is 11.2 Å². The van der Waals surface area contributed by atoms with Crippen LogP contribution in [0.3, 0.4) is 0 Å². The minimum Gasteiger partial charge on any atom is -0.382 e. The van der Waals surface area contributed by atoms with E-state index in [9.17, 15) is 0 Å². The summed E-state index contributed by atoms with van der Waals surface area (Å²) in [4.78, 5) is 4.86. The predicted molar refractivity (Wildman–Crippen MR) is 34.9 cm³/mol. The molecule has 0 unspecified atom stereocenters. The molecule has 0 aliphatic rings. The number of ether oxygens (including phenoxy) is 1. The van der Waals surface area contributed by atoms with Crippen LogP contribution in [0.4, 0.5) is 0 Å². The van der Waals surface area contributed by atoms with E-state index in [1.54, 1.807) is 7.11 Å². The van der Waals surface area contributed by atoms with Gasteiger partial charge in [-0.05, 0) is 0 Å². The third-order valence-electron chi connectivity index (χ3n) is 0.738. The van der Waals surface area contributed by atoms with Gasteiger partial charge in [-0.1, -0.05) is 0 Å². The SMILES string of the molecule is COCCONCCN. The van der Waals surface area contributed by atoms with E-state index in [2.05, 4.69) is 5.48 Å². The van der Waals surface area contributed by atoms with Crippen molar-refractivity contribution in [2.75, 3.05) is 33.4 Å². The van der Waals surface area contributed by atoms with Gasteiger partial charge in [0.1, 0.15) is 0 Å². The van der Waals surface area contributed by atoms with Crippen molar-refractivity contribution in [2.45, 2.75) is 0 Å².